The van der Waals surface area contributed by atoms with Crippen molar-refractivity contribution < 1.29 is 5.11 Å². The first-order valence-electron chi connectivity index (χ1n) is 5.56. The molecule has 0 fully saturated rings. The van der Waals surface area contributed by atoms with Crippen molar-refractivity contribution in [3.05, 3.63) is 54.5 Å². The Morgan fingerprint density at radius 1 is 1.18 bits per heavy atom. The minimum atomic E-state index is -0.0471. The Bertz CT molecular complexity index is 391. The molecule has 0 spiro atoms. The van der Waals surface area contributed by atoms with Gasteiger partial charge < -0.3 is 10.4 Å². The fourth-order valence-corrected chi connectivity index (χ4v) is 1.64. The summed E-state index contributed by atoms with van der Waals surface area (Å²) in [5.74, 6) is 0.683. The fraction of sp³-hybridized carbons (Fsp3) is 0.231. The fourth-order valence-electron chi connectivity index (χ4n) is 1.64. The van der Waals surface area contributed by atoms with E-state index in [1.807, 2.05) is 30.3 Å². The molecule has 1 aromatic heterocycles. The predicted octanol–water partition coefficient (Wildman–Crippen LogP) is 1.49. The number of benzene rings is 1. The lowest BCUT2D eigenvalue weighted by atomic mass is 10.1. The van der Waals surface area contributed by atoms with Crippen molar-refractivity contribution in [1.82, 2.24) is 9.97 Å². The molecule has 0 saturated carbocycles. The van der Waals surface area contributed by atoms with Crippen molar-refractivity contribution in [2.45, 2.75) is 12.5 Å². The highest BCUT2D eigenvalue weighted by atomic mass is 16.3. The van der Waals surface area contributed by atoms with Crippen LogP contribution in [0.1, 0.15) is 5.56 Å². The third kappa shape index (κ3) is 3.53. The molecule has 1 heterocycles. The van der Waals surface area contributed by atoms with E-state index in [0.717, 1.165) is 6.42 Å². The molecule has 2 N–H and O–H groups in total. The predicted molar refractivity (Wildman–Crippen MR) is 66.7 cm³/mol. The summed E-state index contributed by atoms with van der Waals surface area (Å²) in [6.45, 7) is 0.0610. The van der Waals surface area contributed by atoms with Crippen molar-refractivity contribution in [1.29, 1.82) is 0 Å². The van der Waals surface area contributed by atoms with Gasteiger partial charge in [0.05, 0.1) is 18.8 Å². The highest BCUT2D eigenvalue weighted by Crippen LogP contribution is 2.07. The van der Waals surface area contributed by atoms with Gasteiger partial charge in [-0.05, 0) is 12.0 Å². The normalized spacial score (nSPS) is 12.1. The quantitative estimate of drug-likeness (QED) is 0.815. The van der Waals surface area contributed by atoms with Crippen LogP contribution in [0.5, 0.6) is 0 Å². The lowest BCUT2D eigenvalue weighted by molar-refractivity contribution is 0.273. The van der Waals surface area contributed by atoms with Crippen LogP contribution in [0.3, 0.4) is 0 Å². The maximum Gasteiger partial charge on any atom is 0.144 e. The molecule has 1 aromatic carbocycles. The zero-order chi connectivity index (χ0) is 11.9. The van der Waals surface area contributed by atoms with Crippen LogP contribution in [0.2, 0.25) is 0 Å². The van der Waals surface area contributed by atoms with Crippen molar-refractivity contribution >= 4 is 5.82 Å². The second-order valence-corrected chi connectivity index (χ2v) is 3.80. The van der Waals surface area contributed by atoms with Crippen LogP contribution < -0.4 is 5.32 Å². The highest BCUT2D eigenvalue weighted by molar-refractivity contribution is 5.32. The molecule has 4 nitrogen and oxygen atoms in total. The number of aliphatic hydroxyl groups excluding tert-OH is 1. The highest BCUT2D eigenvalue weighted by Gasteiger charge is 2.08. The van der Waals surface area contributed by atoms with Gasteiger partial charge in [0.25, 0.3) is 0 Å². The number of rotatable bonds is 5. The van der Waals surface area contributed by atoms with Crippen LogP contribution in [0.15, 0.2) is 48.9 Å². The smallest absolute Gasteiger partial charge is 0.144 e. The molecule has 2 rings (SSSR count). The van der Waals surface area contributed by atoms with E-state index in [2.05, 4.69) is 15.3 Å². The van der Waals surface area contributed by atoms with Gasteiger partial charge in [-0.2, -0.15) is 0 Å². The number of hydrogen-bond acceptors (Lipinski definition) is 4. The monoisotopic (exact) mass is 229 g/mol. The summed E-state index contributed by atoms with van der Waals surface area (Å²) in [5.41, 5.74) is 1.18. The second kappa shape index (κ2) is 5.96. The Hall–Kier alpha value is -1.94. The molecule has 1 unspecified atom stereocenters. The average molecular weight is 229 g/mol. The molecule has 88 valence electrons. The van der Waals surface area contributed by atoms with E-state index in [1.165, 1.54) is 5.56 Å². The average Bonchev–Trinajstić information content (AvgIpc) is 2.40. The van der Waals surface area contributed by atoms with Crippen molar-refractivity contribution in [3.63, 3.8) is 0 Å². The van der Waals surface area contributed by atoms with E-state index in [9.17, 15) is 5.11 Å². The maximum atomic E-state index is 9.34. The van der Waals surface area contributed by atoms with Gasteiger partial charge in [0.1, 0.15) is 5.82 Å². The van der Waals surface area contributed by atoms with Gasteiger partial charge in [0.15, 0.2) is 0 Å². The lowest BCUT2D eigenvalue weighted by Gasteiger charge is -2.16. The number of anilines is 1. The zero-order valence-electron chi connectivity index (χ0n) is 9.45. The molecule has 0 saturated heterocycles. The van der Waals surface area contributed by atoms with Gasteiger partial charge in [-0.15, -0.1) is 0 Å². The Morgan fingerprint density at radius 3 is 2.65 bits per heavy atom. The Labute approximate surface area is 100 Å². The molecule has 0 amide bonds. The van der Waals surface area contributed by atoms with Crippen molar-refractivity contribution in [2.24, 2.45) is 0 Å². The van der Waals surface area contributed by atoms with Gasteiger partial charge in [-0.1, -0.05) is 30.3 Å². The first kappa shape index (κ1) is 11.5. The molecular formula is C13H15N3O. The standard InChI is InChI=1S/C13H15N3O/c17-10-12(8-11-4-2-1-3-5-11)16-13-9-14-6-7-15-13/h1-7,9,12,17H,8,10H2,(H,15,16). The summed E-state index contributed by atoms with van der Waals surface area (Å²) in [4.78, 5) is 8.10. The van der Waals surface area contributed by atoms with Gasteiger partial charge >= 0.3 is 0 Å². The first-order chi connectivity index (χ1) is 8.38. The third-order valence-electron chi connectivity index (χ3n) is 2.46. The van der Waals surface area contributed by atoms with E-state index in [-0.39, 0.29) is 12.6 Å². The summed E-state index contributed by atoms with van der Waals surface area (Å²) in [5, 5.41) is 12.5. The molecule has 17 heavy (non-hydrogen) atoms. The number of hydrogen-bond donors (Lipinski definition) is 2. The summed E-state index contributed by atoms with van der Waals surface area (Å²) < 4.78 is 0. The van der Waals surface area contributed by atoms with E-state index in [0.29, 0.717) is 5.82 Å². The first-order valence-corrected chi connectivity index (χ1v) is 5.56. The molecule has 0 aliphatic rings. The minimum absolute atomic E-state index is 0.0471. The molecule has 2 aromatic rings. The summed E-state index contributed by atoms with van der Waals surface area (Å²) in [6, 6.07) is 10.0. The van der Waals surface area contributed by atoms with Gasteiger partial charge in [0, 0.05) is 12.4 Å². The molecule has 0 radical (unpaired) electrons. The second-order valence-electron chi connectivity index (χ2n) is 3.80. The molecule has 4 heteroatoms. The van der Waals surface area contributed by atoms with Crippen LogP contribution in [0, 0.1) is 0 Å². The van der Waals surface area contributed by atoms with Crippen LogP contribution in [0.4, 0.5) is 5.82 Å². The Balaban J connectivity index is 1.98. The molecular weight excluding hydrogens is 214 g/mol. The zero-order valence-corrected chi connectivity index (χ0v) is 9.45. The number of aromatic nitrogens is 2. The van der Waals surface area contributed by atoms with Crippen LogP contribution >= 0.6 is 0 Å². The van der Waals surface area contributed by atoms with E-state index < -0.39 is 0 Å². The summed E-state index contributed by atoms with van der Waals surface area (Å²) in [7, 11) is 0. The molecule has 0 aliphatic heterocycles. The summed E-state index contributed by atoms with van der Waals surface area (Å²) >= 11 is 0. The third-order valence-corrected chi connectivity index (χ3v) is 2.46. The SMILES string of the molecule is OCC(Cc1ccccc1)Nc1cnccn1. The Morgan fingerprint density at radius 2 is 2.00 bits per heavy atom. The van der Waals surface area contributed by atoms with Crippen LogP contribution in [-0.4, -0.2) is 27.7 Å². The minimum Gasteiger partial charge on any atom is -0.394 e. The van der Waals surface area contributed by atoms with E-state index >= 15 is 0 Å². The van der Waals surface area contributed by atoms with E-state index in [4.69, 9.17) is 0 Å². The van der Waals surface area contributed by atoms with Gasteiger partial charge in [0.2, 0.25) is 0 Å². The topological polar surface area (TPSA) is 58.0 Å². The largest absolute Gasteiger partial charge is 0.394 e. The number of aliphatic hydroxyl groups is 1. The van der Waals surface area contributed by atoms with Crippen LogP contribution in [0.25, 0.3) is 0 Å². The summed E-state index contributed by atoms with van der Waals surface area (Å²) in [6.07, 6.45) is 5.65. The van der Waals surface area contributed by atoms with Gasteiger partial charge in [-0.25, -0.2) is 4.98 Å². The lowest BCUT2D eigenvalue weighted by Crippen LogP contribution is -2.26. The van der Waals surface area contributed by atoms with E-state index in [1.54, 1.807) is 18.6 Å². The van der Waals surface area contributed by atoms with Crippen LogP contribution in [-0.2, 0) is 6.42 Å². The van der Waals surface area contributed by atoms with Crippen molar-refractivity contribution in [2.75, 3.05) is 11.9 Å². The van der Waals surface area contributed by atoms with Crippen molar-refractivity contribution in [3.8, 4) is 0 Å². The number of nitrogens with one attached hydrogen (secondary N) is 1. The van der Waals surface area contributed by atoms with Gasteiger partial charge in [-0.3, -0.25) is 4.98 Å². The molecule has 0 bridgehead atoms. The molecule has 1 atom stereocenters. The Kier molecular flexibility index (Phi) is 4.05. The maximum absolute atomic E-state index is 9.34. The number of nitrogens with zero attached hydrogens (tertiary/aromatic N) is 2. The molecule has 0 aliphatic carbocycles.